The van der Waals surface area contributed by atoms with E-state index in [9.17, 15) is 0 Å². The molecule has 0 heterocycles. The molecule has 0 atom stereocenters. The predicted molar refractivity (Wildman–Crippen MR) is 74.8 cm³/mol. The molecule has 0 bridgehead atoms. The Hall–Kier alpha value is -0.680. The quantitative estimate of drug-likeness (QED) is 0.302. The summed E-state index contributed by atoms with van der Waals surface area (Å²) in [6, 6.07) is 0. The van der Waals surface area contributed by atoms with E-state index in [0.717, 1.165) is 0 Å². The van der Waals surface area contributed by atoms with E-state index in [1.54, 1.807) is 7.11 Å². The average molecular weight is 290 g/mol. The maximum Gasteiger partial charge on any atom is 0.107 e. The van der Waals surface area contributed by atoms with E-state index in [-0.39, 0.29) is 0 Å². The largest absolute Gasteiger partial charge is 0.382 e. The van der Waals surface area contributed by atoms with Crippen molar-refractivity contribution in [3.8, 4) is 12.3 Å². The van der Waals surface area contributed by atoms with Gasteiger partial charge in [-0.25, -0.2) is 0 Å². The van der Waals surface area contributed by atoms with Gasteiger partial charge in [-0.2, -0.15) is 0 Å². The molecule has 0 unspecified atom stereocenters. The van der Waals surface area contributed by atoms with Crippen LogP contribution in [0.2, 0.25) is 0 Å². The van der Waals surface area contributed by atoms with Gasteiger partial charge in [0.25, 0.3) is 0 Å². The minimum atomic E-state index is 0.326. The van der Waals surface area contributed by atoms with Crippen molar-refractivity contribution in [1.29, 1.82) is 0 Å². The Morgan fingerprint density at radius 2 is 0.950 bits per heavy atom. The van der Waals surface area contributed by atoms with Crippen molar-refractivity contribution < 1.29 is 28.4 Å². The molecule has 0 aliphatic heterocycles. The van der Waals surface area contributed by atoms with Crippen LogP contribution in [-0.4, -0.2) is 79.8 Å². The van der Waals surface area contributed by atoms with E-state index in [2.05, 4.69) is 5.92 Å². The molecule has 6 heteroatoms. The van der Waals surface area contributed by atoms with Gasteiger partial charge in [0, 0.05) is 7.11 Å². The third-order valence-corrected chi connectivity index (χ3v) is 2.11. The van der Waals surface area contributed by atoms with Gasteiger partial charge < -0.3 is 28.4 Å². The lowest BCUT2D eigenvalue weighted by molar-refractivity contribution is -0.0132. The number of hydrogen-bond donors (Lipinski definition) is 0. The minimum absolute atomic E-state index is 0.326. The molecule has 0 aromatic carbocycles. The first-order valence-corrected chi connectivity index (χ1v) is 6.73. The van der Waals surface area contributed by atoms with Crippen molar-refractivity contribution in [2.75, 3.05) is 79.8 Å². The van der Waals surface area contributed by atoms with Gasteiger partial charge in [-0.05, 0) is 0 Å². The summed E-state index contributed by atoms with van der Waals surface area (Å²) in [5, 5.41) is 0. The normalized spacial score (nSPS) is 10.6. The summed E-state index contributed by atoms with van der Waals surface area (Å²) >= 11 is 0. The first-order chi connectivity index (χ1) is 9.91. The molecule has 0 aliphatic carbocycles. The summed E-state index contributed by atoms with van der Waals surface area (Å²) < 4.78 is 31.0. The van der Waals surface area contributed by atoms with Crippen LogP contribution in [0.25, 0.3) is 0 Å². The number of ether oxygens (including phenoxy) is 6. The summed E-state index contributed by atoms with van der Waals surface area (Å²) in [5.41, 5.74) is 0. The second kappa shape index (κ2) is 18.3. The van der Waals surface area contributed by atoms with Gasteiger partial charge in [-0.15, -0.1) is 6.42 Å². The van der Waals surface area contributed by atoms with Crippen LogP contribution in [0.3, 0.4) is 0 Å². The molecule has 20 heavy (non-hydrogen) atoms. The van der Waals surface area contributed by atoms with E-state index in [1.807, 2.05) is 0 Å². The molecule has 0 spiro atoms. The van der Waals surface area contributed by atoms with Gasteiger partial charge >= 0.3 is 0 Å². The average Bonchev–Trinajstić information content (AvgIpc) is 2.47. The van der Waals surface area contributed by atoms with Crippen LogP contribution in [0.15, 0.2) is 0 Å². The summed E-state index contributed by atoms with van der Waals surface area (Å²) in [6.45, 7) is 5.90. The molecule has 0 radical (unpaired) electrons. The molecule has 0 amide bonds. The SMILES string of the molecule is C#CCOCCOCCOCCOCCOCCOC. The molecule has 0 aromatic rings. The Morgan fingerprint density at radius 3 is 1.30 bits per heavy atom. The van der Waals surface area contributed by atoms with Crippen molar-refractivity contribution in [1.82, 2.24) is 0 Å². The second-order valence-electron chi connectivity index (χ2n) is 3.70. The van der Waals surface area contributed by atoms with Crippen molar-refractivity contribution in [2.24, 2.45) is 0 Å². The highest BCUT2D eigenvalue weighted by atomic mass is 16.6. The Bertz CT molecular complexity index is 216. The van der Waals surface area contributed by atoms with Gasteiger partial charge in [0.05, 0.1) is 66.1 Å². The summed E-state index contributed by atoms with van der Waals surface area (Å²) in [7, 11) is 1.64. The standard InChI is InChI=1S/C14H26O6/c1-3-4-16-7-8-18-11-12-20-14-13-19-10-9-17-6-5-15-2/h1H,4-14H2,2H3. The molecule has 0 N–H and O–H groups in total. The third kappa shape index (κ3) is 17.3. The predicted octanol–water partition coefficient (Wildman–Crippen LogP) is 0.349. The maximum absolute atomic E-state index is 5.32. The van der Waals surface area contributed by atoms with Gasteiger partial charge in [0.15, 0.2) is 0 Å². The lowest BCUT2D eigenvalue weighted by atomic mass is 10.7. The Labute approximate surface area is 121 Å². The molecule has 0 rings (SSSR count). The molecule has 0 aromatic heterocycles. The van der Waals surface area contributed by atoms with Gasteiger partial charge in [-0.1, -0.05) is 5.92 Å². The highest BCUT2D eigenvalue weighted by Gasteiger charge is 1.92. The van der Waals surface area contributed by atoms with E-state index < -0.39 is 0 Å². The van der Waals surface area contributed by atoms with Crippen LogP contribution in [0.1, 0.15) is 0 Å². The van der Waals surface area contributed by atoms with Gasteiger partial charge in [0.2, 0.25) is 0 Å². The first kappa shape index (κ1) is 19.3. The lowest BCUT2D eigenvalue weighted by Gasteiger charge is -2.07. The van der Waals surface area contributed by atoms with Crippen LogP contribution in [0, 0.1) is 12.3 Å². The molecular formula is C14H26O6. The fourth-order valence-electron chi connectivity index (χ4n) is 1.15. The van der Waals surface area contributed by atoms with Crippen LogP contribution in [0.4, 0.5) is 0 Å². The van der Waals surface area contributed by atoms with Crippen LogP contribution in [0.5, 0.6) is 0 Å². The zero-order chi connectivity index (χ0) is 14.7. The monoisotopic (exact) mass is 290 g/mol. The van der Waals surface area contributed by atoms with Gasteiger partial charge in [-0.3, -0.25) is 0 Å². The number of terminal acetylenes is 1. The second-order valence-corrected chi connectivity index (χ2v) is 3.70. The third-order valence-electron chi connectivity index (χ3n) is 2.11. The van der Waals surface area contributed by atoms with E-state index in [0.29, 0.717) is 72.7 Å². The lowest BCUT2D eigenvalue weighted by Crippen LogP contribution is -2.13. The molecule has 6 nitrogen and oxygen atoms in total. The smallest absolute Gasteiger partial charge is 0.107 e. The maximum atomic E-state index is 5.32. The van der Waals surface area contributed by atoms with Gasteiger partial charge in [0.1, 0.15) is 6.61 Å². The van der Waals surface area contributed by atoms with Crippen molar-refractivity contribution >= 4 is 0 Å². The van der Waals surface area contributed by atoms with Crippen LogP contribution in [-0.2, 0) is 28.4 Å². The molecule has 0 saturated heterocycles. The summed E-state index contributed by atoms with van der Waals surface area (Å²) in [6.07, 6.45) is 5.03. The highest BCUT2D eigenvalue weighted by Crippen LogP contribution is 1.83. The molecule has 118 valence electrons. The Balaban J connectivity index is 2.91. The number of rotatable bonds is 16. The number of methoxy groups -OCH3 is 1. The summed E-state index contributed by atoms with van der Waals surface area (Å²) in [4.78, 5) is 0. The Morgan fingerprint density at radius 1 is 0.600 bits per heavy atom. The summed E-state index contributed by atoms with van der Waals surface area (Å²) in [5.74, 6) is 2.39. The topological polar surface area (TPSA) is 55.4 Å². The molecule has 0 saturated carbocycles. The molecule has 0 fully saturated rings. The van der Waals surface area contributed by atoms with Crippen molar-refractivity contribution in [3.63, 3.8) is 0 Å². The Kier molecular flexibility index (Phi) is 17.7. The molecule has 0 aliphatic rings. The minimum Gasteiger partial charge on any atom is -0.382 e. The first-order valence-electron chi connectivity index (χ1n) is 6.73. The zero-order valence-electron chi connectivity index (χ0n) is 12.3. The van der Waals surface area contributed by atoms with E-state index in [4.69, 9.17) is 34.8 Å². The van der Waals surface area contributed by atoms with E-state index in [1.165, 1.54) is 0 Å². The van der Waals surface area contributed by atoms with Crippen molar-refractivity contribution in [3.05, 3.63) is 0 Å². The van der Waals surface area contributed by atoms with E-state index >= 15 is 0 Å². The fraction of sp³-hybridized carbons (Fsp3) is 0.857. The van der Waals surface area contributed by atoms with Crippen LogP contribution >= 0.6 is 0 Å². The fourth-order valence-corrected chi connectivity index (χ4v) is 1.15. The number of hydrogen-bond acceptors (Lipinski definition) is 6. The molecular weight excluding hydrogens is 264 g/mol. The highest BCUT2D eigenvalue weighted by molar-refractivity contribution is 4.82. The van der Waals surface area contributed by atoms with Crippen molar-refractivity contribution in [2.45, 2.75) is 0 Å². The van der Waals surface area contributed by atoms with Crippen LogP contribution < -0.4 is 0 Å². The zero-order valence-corrected chi connectivity index (χ0v) is 12.3.